The zero-order chi connectivity index (χ0) is 75.5. The number of aliphatic hydroxyl groups is 14. The number of unbranched alkanes of at least 4 members (excludes halogenated alkanes) is 22. The predicted molar refractivity (Wildman–Crippen MR) is 363 cm³/mol. The number of nitrogens with one attached hydrogen (secondary N) is 3. The summed E-state index contributed by atoms with van der Waals surface area (Å²) in [5.41, 5.74) is 0. The van der Waals surface area contributed by atoms with Crippen LogP contribution < -0.4 is 16.0 Å². The number of ether oxygens (including phenoxy) is 8. The minimum Gasteiger partial charge on any atom is -0.477 e. The van der Waals surface area contributed by atoms with Gasteiger partial charge in [0.25, 0.3) is 11.6 Å². The van der Waals surface area contributed by atoms with Gasteiger partial charge in [-0.25, -0.2) is 9.59 Å². The Labute approximate surface area is 598 Å². The van der Waals surface area contributed by atoms with Crippen molar-refractivity contribution in [2.45, 2.75) is 354 Å². The first kappa shape index (κ1) is 90.3. The van der Waals surface area contributed by atoms with Gasteiger partial charge < -0.3 is 136 Å². The minimum atomic E-state index is -3.39. The third kappa shape index (κ3) is 28.3. The van der Waals surface area contributed by atoms with E-state index in [-0.39, 0.29) is 12.3 Å². The second-order valence-electron chi connectivity index (χ2n) is 27.5. The fraction of sp³-hybridized carbons (Fsp3) is 0.871. The molecule has 0 aromatic carbocycles. The van der Waals surface area contributed by atoms with Crippen molar-refractivity contribution in [3.05, 3.63) is 24.3 Å². The molecule has 4 rings (SSSR count). The van der Waals surface area contributed by atoms with Gasteiger partial charge in [-0.05, 0) is 44.9 Å². The Bertz CT molecular complexity index is 2450. The van der Waals surface area contributed by atoms with Gasteiger partial charge in [-0.15, -0.1) is 0 Å². The van der Waals surface area contributed by atoms with Crippen molar-refractivity contribution in [3.63, 3.8) is 0 Å². The van der Waals surface area contributed by atoms with Crippen LogP contribution in [0.1, 0.15) is 207 Å². The molecular formula is C70H123N3O29. The zero-order valence-corrected chi connectivity index (χ0v) is 59.8. The SMILES string of the molecule is CCCCCCCC/C=C\CCCCCCCC(=O)NC(COC1OC(CO)C(OC2OC(CO)C(O)C(OC3(C(=O)O)CC(O)C(NC(C)=O)C(C(O)C(CO)OC4(C(=O)O)CC(O)C(NC(C)=O)C(C(O)C(O)CO)O4)O3)C2O)C(O)C1O)[C@H](O)/C=C/CCCCCCCCCCCCC. The van der Waals surface area contributed by atoms with E-state index in [0.29, 0.717) is 12.8 Å². The number of amides is 3. The second-order valence-corrected chi connectivity index (χ2v) is 27.5. The second kappa shape index (κ2) is 47.6. The van der Waals surface area contributed by atoms with Crippen LogP contribution in [0, 0.1) is 0 Å². The largest absolute Gasteiger partial charge is 0.477 e. The molecule has 592 valence electrons. The van der Waals surface area contributed by atoms with Crippen molar-refractivity contribution in [2.24, 2.45) is 0 Å². The predicted octanol–water partition coefficient (Wildman–Crippen LogP) is 0.115. The van der Waals surface area contributed by atoms with Gasteiger partial charge in [0.15, 0.2) is 12.6 Å². The summed E-state index contributed by atoms with van der Waals surface area (Å²) in [7, 11) is 0. The standard InChI is InChI=1S/C70H123N3O29/c1-5-7-9-11-13-15-17-19-20-22-24-26-28-30-32-34-52(84)73-44(45(80)33-31-29-27-25-23-21-18-16-14-12-10-8-6-2)41-95-65-59(89)58(88)61(51(40-77)97-65)98-66-60(90)64(56(86)49(38-75)96-66)102-70(68(93)94)36-47(82)54(72-43(4)79)63(101-70)57(87)50(39-76)99-69(67(91)92)35-46(81)53(71-42(3)78)62(100-69)55(85)48(83)37-74/h19-20,31,33,44-51,53-66,74-77,80-83,85-90H,5-18,21-30,32,34-41H2,1-4H3,(H,71,78)(H,72,79)(H,73,84)(H,91,92)(H,93,94)/b20-19-,33-31+/t44?,45-,46?,47?,48?,49?,50?,51?,53?,54?,55?,56?,57?,58?,59?,60?,61?,62?,63?,64?,65?,66?,69?,70?/m1/s1. The molecule has 0 aliphatic carbocycles. The van der Waals surface area contributed by atoms with Crippen molar-refractivity contribution in [1.29, 1.82) is 0 Å². The molecule has 3 amide bonds. The average molecular weight is 1470 g/mol. The first-order chi connectivity index (χ1) is 48.7. The number of rotatable bonds is 51. The van der Waals surface area contributed by atoms with Crippen molar-refractivity contribution >= 4 is 29.7 Å². The highest BCUT2D eigenvalue weighted by Crippen LogP contribution is 2.41. The molecule has 0 bridgehead atoms. The lowest BCUT2D eigenvalue weighted by molar-refractivity contribution is -0.388. The molecule has 0 aromatic heterocycles. The number of allylic oxidation sites excluding steroid dienone is 3. The van der Waals surface area contributed by atoms with Gasteiger partial charge in [0.05, 0.1) is 69.5 Å². The van der Waals surface area contributed by atoms with E-state index in [1.165, 1.54) is 83.5 Å². The zero-order valence-electron chi connectivity index (χ0n) is 59.8. The van der Waals surface area contributed by atoms with E-state index in [9.17, 15) is 106 Å². The maximum atomic E-state index is 13.6. The third-order valence-electron chi connectivity index (χ3n) is 19.1. The van der Waals surface area contributed by atoms with Crippen molar-refractivity contribution < 1.29 is 144 Å². The Kier molecular flexibility index (Phi) is 42.2. The lowest BCUT2D eigenvalue weighted by Gasteiger charge is -2.51. The molecule has 0 aromatic rings. The van der Waals surface area contributed by atoms with Gasteiger partial charge in [0.2, 0.25) is 17.7 Å². The van der Waals surface area contributed by atoms with Crippen LogP contribution in [0.5, 0.6) is 0 Å². The molecular weight excluding hydrogens is 1350 g/mol. The lowest BCUT2D eigenvalue weighted by Crippen LogP contribution is -2.72. The number of carboxylic acid groups (broad SMARTS) is 2. The number of carbonyl (C=O) groups is 5. The molecule has 24 atom stereocenters. The third-order valence-corrected chi connectivity index (χ3v) is 19.1. The summed E-state index contributed by atoms with van der Waals surface area (Å²) in [5, 5.41) is 185. The molecule has 32 nitrogen and oxygen atoms in total. The van der Waals surface area contributed by atoms with Crippen LogP contribution in [0.15, 0.2) is 24.3 Å². The summed E-state index contributed by atoms with van der Waals surface area (Å²) in [6, 6.07) is -4.74. The summed E-state index contributed by atoms with van der Waals surface area (Å²) in [5.74, 6) is -13.1. The van der Waals surface area contributed by atoms with Gasteiger partial charge in [0, 0.05) is 33.1 Å². The van der Waals surface area contributed by atoms with Gasteiger partial charge in [-0.2, -0.15) is 0 Å². The molecule has 4 aliphatic heterocycles. The molecule has 23 unspecified atom stereocenters. The fourth-order valence-electron chi connectivity index (χ4n) is 13.2. The summed E-state index contributed by atoms with van der Waals surface area (Å²) >= 11 is 0. The molecule has 0 saturated carbocycles. The van der Waals surface area contributed by atoms with Crippen LogP contribution in [-0.2, 0) is 61.9 Å². The van der Waals surface area contributed by atoms with Crippen LogP contribution in [-0.4, -0.2) is 290 Å². The van der Waals surface area contributed by atoms with Crippen LogP contribution in [0.25, 0.3) is 0 Å². The van der Waals surface area contributed by atoms with Crippen LogP contribution in [0.2, 0.25) is 0 Å². The maximum Gasteiger partial charge on any atom is 0.364 e. The molecule has 0 radical (unpaired) electrons. The van der Waals surface area contributed by atoms with E-state index >= 15 is 0 Å². The van der Waals surface area contributed by atoms with Gasteiger partial charge in [-0.1, -0.05) is 154 Å². The molecule has 4 saturated heterocycles. The van der Waals surface area contributed by atoms with Gasteiger partial charge in [0.1, 0.15) is 85.5 Å². The quantitative estimate of drug-likeness (QED) is 0.0284. The van der Waals surface area contributed by atoms with E-state index in [0.717, 1.165) is 78.1 Å². The number of carboxylic acids is 2. The Hall–Kier alpha value is -4.05. The first-order valence-electron chi connectivity index (χ1n) is 36.9. The van der Waals surface area contributed by atoms with E-state index in [1.807, 2.05) is 6.08 Å². The number of hydrogen-bond donors (Lipinski definition) is 19. The Morgan fingerprint density at radius 1 is 0.529 bits per heavy atom. The number of hydrogen-bond acceptors (Lipinski definition) is 27. The van der Waals surface area contributed by atoms with Crippen molar-refractivity contribution in [3.8, 4) is 0 Å². The Morgan fingerprint density at radius 2 is 0.990 bits per heavy atom. The number of carbonyl (C=O) groups excluding carboxylic acids is 3. The molecule has 32 heteroatoms. The minimum absolute atomic E-state index is 0.141. The van der Waals surface area contributed by atoms with E-state index in [4.69, 9.17) is 37.9 Å². The molecule has 4 aliphatic rings. The highest BCUT2D eigenvalue weighted by atomic mass is 16.8. The van der Waals surface area contributed by atoms with Crippen LogP contribution >= 0.6 is 0 Å². The highest BCUT2D eigenvalue weighted by Gasteiger charge is 2.62. The van der Waals surface area contributed by atoms with E-state index < -0.39 is 216 Å². The maximum absolute atomic E-state index is 13.6. The topological polar surface area (TPSA) is 519 Å². The van der Waals surface area contributed by atoms with Gasteiger partial charge in [-0.3, -0.25) is 14.4 Å². The van der Waals surface area contributed by atoms with E-state index in [2.05, 4.69) is 41.9 Å². The summed E-state index contributed by atoms with van der Waals surface area (Å²) in [4.78, 5) is 64.9. The molecule has 19 N–H and O–H groups in total. The fourth-order valence-corrected chi connectivity index (χ4v) is 13.2. The first-order valence-corrected chi connectivity index (χ1v) is 36.9. The Morgan fingerprint density at radius 3 is 1.47 bits per heavy atom. The molecule has 4 heterocycles. The van der Waals surface area contributed by atoms with Crippen molar-refractivity contribution in [2.75, 3.05) is 33.0 Å². The molecule has 4 fully saturated rings. The summed E-state index contributed by atoms with van der Waals surface area (Å²) < 4.78 is 46.4. The monoisotopic (exact) mass is 1470 g/mol. The van der Waals surface area contributed by atoms with E-state index in [1.54, 1.807) is 6.08 Å². The average Bonchev–Trinajstić information content (AvgIpc) is 0.755. The molecule has 102 heavy (non-hydrogen) atoms. The van der Waals surface area contributed by atoms with Crippen LogP contribution in [0.4, 0.5) is 0 Å². The highest BCUT2D eigenvalue weighted by molar-refractivity contribution is 5.78. The van der Waals surface area contributed by atoms with Crippen molar-refractivity contribution in [1.82, 2.24) is 16.0 Å². The number of aliphatic hydroxyl groups excluding tert-OH is 14. The Balaban J connectivity index is 1.51. The number of aliphatic carboxylic acids is 2. The summed E-state index contributed by atoms with van der Waals surface area (Å²) in [6.07, 6.45) is -7.25. The summed E-state index contributed by atoms with van der Waals surface area (Å²) in [6.45, 7) is 1.07. The normalized spacial score (nSPS) is 31.8. The van der Waals surface area contributed by atoms with Gasteiger partial charge >= 0.3 is 11.9 Å². The molecule has 0 spiro atoms. The lowest BCUT2D eigenvalue weighted by atomic mass is 9.87. The van der Waals surface area contributed by atoms with Crippen LogP contribution in [0.3, 0.4) is 0 Å². The smallest absolute Gasteiger partial charge is 0.364 e.